The van der Waals surface area contributed by atoms with Crippen molar-refractivity contribution >= 4 is 15.9 Å². The van der Waals surface area contributed by atoms with Crippen LogP contribution in [0.4, 0.5) is 0 Å². The predicted molar refractivity (Wildman–Crippen MR) is 85.1 cm³/mol. The minimum atomic E-state index is 0.637. The molecule has 0 bridgehead atoms. The second-order valence-corrected chi connectivity index (χ2v) is 6.20. The van der Waals surface area contributed by atoms with E-state index in [9.17, 15) is 0 Å². The molecule has 20 heavy (non-hydrogen) atoms. The van der Waals surface area contributed by atoms with Crippen LogP contribution < -0.4 is 5.32 Å². The lowest BCUT2D eigenvalue weighted by atomic mass is 10.2. The smallest absolute Gasteiger partial charge is 0.158 e. The molecule has 0 saturated heterocycles. The summed E-state index contributed by atoms with van der Waals surface area (Å²) in [7, 11) is 0. The van der Waals surface area contributed by atoms with E-state index in [1.807, 2.05) is 30.8 Å². The van der Waals surface area contributed by atoms with Crippen LogP contribution in [0.2, 0.25) is 0 Å². The van der Waals surface area contributed by atoms with Crippen molar-refractivity contribution < 1.29 is 0 Å². The Labute approximate surface area is 128 Å². The first-order chi connectivity index (χ1) is 9.50. The maximum Gasteiger partial charge on any atom is 0.158 e. The van der Waals surface area contributed by atoms with Crippen LogP contribution in [-0.2, 0) is 6.54 Å². The molecular formula is C15H21BrN4. The summed E-state index contributed by atoms with van der Waals surface area (Å²) in [6.45, 7) is 10.2. The first-order valence-electron chi connectivity index (χ1n) is 6.87. The maximum atomic E-state index is 4.56. The third kappa shape index (κ3) is 3.27. The summed E-state index contributed by atoms with van der Waals surface area (Å²) in [5.41, 5.74) is 3.21. The van der Waals surface area contributed by atoms with E-state index in [-0.39, 0.29) is 0 Å². The Kier molecular flexibility index (Phi) is 4.94. The van der Waals surface area contributed by atoms with Gasteiger partial charge in [-0.15, -0.1) is 0 Å². The first kappa shape index (κ1) is 15.2. The second-order valence-electron chi connectivity index (χ2n) is 5.41. The van der Waals surface area contributed by atoms with Crippen molar-refractivity contribution in [3.8, 4) is 5.82 Å². The van der Waals surface area contributed by atoms with Gasteiger partial charge in [0, 0.05) is 18.3 Å². The van der Waals surface area contributed by atoms with Gasteiger partial charge in [0.05, 0.1) is 15.9 Å². The van der Waals surface area contributed by atoms with Gasteiger partial charge in [0.1, 0.15) is 0 Å². The van der Waals surface area contributed by atoms with Gasteiger partial charge in [0.25, 0.3) is 0 Å². The van der Waals surface area contributed by atoms with E-state index in [1.165, 1.54) is 0 Å². The molecule has 2 heterocycles. The largest absolute Gasteiger partial charge is 0.312 e. The van der Waals surface area contributed by atoms with Gasteiger partial charge in [-0.2, -0.15) is 5.10 Å². The van der Waals surface area contributed by atoms with Gasteiger partial charge in [-0.05, 0) is 48.3 Å². The molecule has 2 aromatic rings. The summed E-state index contributed by atoms with van der Waals surface area (Å²) in [6.07, 6.45) is 1.81. The number of hydrogen-bond donors (Lipinski definition) is 1. The monoisotopic (exact) mass is 336 g/mol. The van der Waals surface area contributed by atoms with Crippen molar-refractivity contribution in [3.63, 3.8) is 0 Å². The minimum absolute atomic E-state index is 0.637. The van der Waals surface area contributed by atoms with Crippen molar-refractivity contribution in [1.82, 2.24) is 20.1 Å². The molecule has 0 aliphatic heterocycles. The molecule has 0 amide bonds. The highest BCUT2D eigenvalue weighted by molar-refractivity contribution is 9.10. The van der Waals surface area contributed by atoms with E-state index in [2.05, 4.69) is 51.2 Å². The maximum absolute atomic E-state index is 4.56. The number of aromatic nitrogens is 3. The molecule has 0 radical (unpaired) electrons. The standard InChI is InChI=1S/C15H21BrN4/c1-10(2)8-17-9-13-6-5-7-18-15(13)20-12(4)14(16)11(3)19-20/h5-7,10,17H,8-9H2,1-4H3. The van der Waals surface area contributed by atoms with Crippen LogP contribution in [0.15, 0.2) is 22.8 Å². The minimum Gasteiger partial charge on any atom is -0.312 e. The average molecular weight is 337 g/mol. The number of rotatable bonds is 5. The summed E-state index contributed by atoms with van der Waals surface area (Å²) in [6, 6.07) is 4.07. The fourth-order valence-corrected chi connectivity index (χ4v) is 2.33. The average Bonchev–Trinajstić information content (AvgIpc) is 2.67. The molecule has 5 heteroatoms. The highest BCUT2D eigenvalue weighted by atomic mass is 79.9. The van der Waals surface area contributed by atoms with Crippen molar-refractivity contribution in [2.24, 2.45) is 5.92 Å². The fourth-order valence-electron chi connectivity index (χ4n) is 2.08. The van der Waals surface area contributed by atoms with Crippen LogP contribution in [0.3, 0.4) is 0 Å². The highest BCUT2D eigenvalue weighted by Crippen LogP contribution is 2.23. The quantitative estimate of drug-likeness (QED) is 0.909. The van der Waals surface area contributed by atoms with Gasteiger partial charge in [-0.3, -0.25) is 0 Å². The zero-order valence-electron chi connectivity index (χ0n) is 12.4. The summed E-state index contributed by atoms with van der Waals surface area (Å²) in [4.78, 5) is 4.50. The van der Waals surface area contributed by atoms with Crippen LogP contribution in [0.1, 0.15) is 30.8 Å². The van der Waals surface area contributed by atoms with Gasteiger partial charge < -0.3 is 5.32 Å². The Balaban J connectivity index is 2.29. The summed E-state index contributed by atoms with van der Waals surface area (Å²) in [5, 5.41) is 8.02. The highest BCUT2D eigenvalue weighted by Gasteiger charge is 2.14. The molecule has 0 unspecified atom stereocenters. The summed E-state index contributed by atoms with van der Waals surface area (Å²) in [5.74, 6) is 1.54. The van der Waals surface area contributed by atoms with E-state index in [0.717, 1.165) is 40.3 Å². The normalized spacial score (nSPS) is 11.3. The first-order valence-corrected chi connectivity index (χ1v) is 7.66. The van der Waals surface area contributed by atoms with Gasteiger partial charge in [-0.25, -0.2) is 9.67 Å². The van der Waals surface area contributed by atoms with E-state index in [4.69, 9.17) is 0 Å². The number of nitrogens with one attached hydrogen (secondary N) is 1. The molecule has 0 fully saturated rings. The van der Waals surface area contributed by atoms with Gasteiger partial charge in [0.15, 0.2) is 5.82 Å². The number of hydrogen-bond acceptors (Lipinski definition) is 3. The molecule has 108 valence electrons. The SMILES string of the molecule is Cc1nn(-c2ncccc2CNCC(C)C)c(C)c1Br. The third-order valence-corrected chi connectivity index (χ3v) is 4.29. The van der Waals surface area contributed by atoms with Crippen LogP contribution in [0.5, 0.6) is 0 Å². The van der Waals surface area contributed by atoms with Crippen molar-refractivity contribution in [2.75, 3.05) is 6.54 Å². The lowest BCUT2D eigenvalue weighted by Gasteiger charge is -2.12. The van der Waals surface area contributed by atoms with Crippen molar-refractivity contribution in [2.45, 2.75) is 34.2 Å². The van der Waals surface area contributed by atoms with Crippen LogP contribution in [0, 0.1) is 19.8 Å². The van der Waals surface area contributed by atoms with Crippen LogP contribution in [0.25, 0.3) is 5.82 Å². The van der Waals surface area contributed by atoms with Crippen LogP contribution >= 0.6 is 15.9 Å². The Morgan fingerprint density at radius 3 is 2.70 bits per heavy atom. The molecule has 1 N–H and O–H groups in total. The number of halogens is 1. The van der Waals surface area contributed by atoms with E-state index in [0.29, 0.717) is 5.92 Å². The fraction of sp³-hybridized carbons (Fsp3) is 0.467. The zero-order chi connectivity index (χ0) is 14.7. The number of nitrogens with zero attached hydrogens (tertiary/aromatic N) is 3. The molecule has 4 nitrogen and oxygen atoms in total. The Morgan fingerprint density at radius 2 is 2.10 bits per heavy atom. The van der Waals surface area contributed by atoms with E-state index >= 15 is 0 Å². The molecule has 0 aromatic carbocycles. The van der Waals surface area contributed by atoms with Crippen LogP contribution in [-0.4, -0.2) is 21.3 Å². The Hall–Kier alpha value is -1.20. The molecule has 0 saturated carbocycles. The van der Waals surface area contributed by atoms with Crippen molar-refractivity contribution in [3.05, 3.63) is 39.8 Å². The van der Waals surface area contributed by atoms with E-state index < -0.39 is 0 Å². The topological polar surface area (TPSA) is 42.7 Å². The van der Waals surface area contributed by atoms with Gasteiger partial charge in [-0.1, -0.05) is 19.9 Å². The molecule has 0 aliphatic rings. The molecule has 2 rings (SSSR count). The molecule has 2 aromatic heterocycles. The van der Waals surface area contributed by atoms with Gasteiger partial charge in [0.2, 0.25) is 0 Å². The molecule has 0 atom stereocenters. The Morgan fingerprint density at radius 1 is 1.35 bits per heavy atom. The lowest BCUT2D eigenvalue weighted by molar-refractivity contribution is 0.550. The number of aryl methyl sites for hydroxylation is 1. The second kappa shape index (κ2) is 6.50. The lowest BCUT2D eigenvalue weighted by Crippen LogP contribution is -2.20. The zero-order valence-corrected chi connectivity index (χ0v) is 14.0. The van der Waals surface area contributed by atoms with Crippen molar-refractivity contribution in [1.29, 1.82) is 0 Å². The molecular weight excluding hydrogens is 316 g/mol. The molecule has 0 aliphatic carbocycles. The van der Waals surface area contributed by atoms with E-state index in [1.54, 1.807) is 0 Å². The third-order valence-electron chi connectivity index (χ3n) is 3.14. The summed E-state index contributed by atoms with van der Waals surface area (Å²) < 4.78 is 2.95. The number of pyridine rings is 1. The Bertz CT molecular complexity index is 590. The molecule has 0 spiro atoms. The predicted octanol–water partition coefficient (Wildman–Crippen LogP) is 3.39. The summed E-state index contributed by atoms with van der Waals surface area (Å²) >= 11 is 3.57. The van der Waals surface area contributed by atoms with Gasteiger partial charge >= 0.3 is 0 Å².